The van der Waals surface area contributed by atoms with Gasteiger partial charge in [0.05, 0.1) is 0 Å². The largest absolute Gasteiger partial charge is 0.480 e. The maximum absolute atomic E-state index is 10.4. The molecule has 0 heterocycles. The fourth-order valence-electron chi connectivity index (χ4n) is 0.914. The third-order valence-electron chi connectivity index (χ3n) is 1.67. The highest BCUT2D eigenvalue weighted by Crippen LogP contribution is 2.15. The first-order chi connectivity index (χ1) is 6.59. The van der Waals surface area contributed by atoms with Crippen LogP contribution in [0.2, 0.25) is 0 Å². The van der Waals surface area contributed by atoms with Crippen molar-refractivity contribution in [2.45, 2.75) is 6.04 Å². The zero-order valence-corrected chi connectivity index (χ0v) is 8.99. The van der Waals surface area contributed by atoms with E-state index < -0.39 is 12.0 Å². The molecule has 5 heteroatoms. The molecule has 0 saturated carbocycles. The molecule has 0 aliphatic heterocycles. The fraction of sp³-hybridized carbons (Fsp3) is 0.222. The van der Waals surface area contributed by atoms with E-state index in [0.717, 1.165) is 10.2 Å². The topological polar surface area (TPSA) is 75.3 Å². The summed E-state index contributed by atoms with van der Waals surface area (Å²) in [5, 5.41) is 11.5. The van der Waals surface area contributed by atoms with Gasteiger partial charge < -0.3 is 16.2 Å². The van der Waals surface area contributed by atoms with Crippen molar-refractivity contribution in [3.05, 3.63) is 28.7 Å². The summed E-state index contributed by atoms with van der Waals surface area (Å²) in [5.41, 5.74) is 6.17. The molecule has 0 radical (unpaired) electrons. The quantitative estimate of drug-likeness (QED) is 0.761. The highest BCUT2D eigenvalue weighted by atomic mass is 79.9. The molecule has 0 aliphatic rings. The molecule has 1 rings (SSSR count). The number of hydrogen-bond donors (Lipinski definition) is 3. The smallest absolute Gasteiger partial charge is 0.322 e. The Hall–Kier alpha value is -1.07. The van der Waals surface area contributed by atoms with Crippen LogP contribution in [0.5, 0.6) is 0 Å². The number of aliphatic carboxylic acids is 1. The van der Waals surface area contributed by atoms with Crippen LogP contribution in [0.3, 0.4) is 0 Å². The van der Waals surface area contributed by atoms with Crippen LogP contribution in [0.1, 0.15) is 0 Å². The highest BCUT2D eigenvalue weighted by Gasteiger charge is 2.10. The zero-order valence-electron chi connectivity index (χ0n) is 7.40. The average Bonchev–Trinajstić information content (AvgIpc) is 2.14. The molecular weight excluding hydrogens is 248 g/mol. The van der Waals surface area contributed by atoms with Gasteiger partial charge in [0.15, 0.2) is 0 Å². The number of nitrogens with one attached hydrogen (secondary N) is 1. The summed E-state index contributed by atoms with van der Waals surface area (Å²) in [6, 6.07) is 6.57. The normalized spacial score (nSPS) is 12.1. The van der Waals surface area contributed by atoms with Crippen molar-refractivity contribution in [3.63, 3.8) is 0 Å². The van der Waals surface area contributed by atoms with Gasteiger partial charge in [-0.3, -0.25) is 4.79 Å². The SMILES string of the molecule is NC(CNc1cccc(Br)c1)C(=O)O. The van der Waals surface area contributed by atoms with Crippen LogP contribution in [0.4, 0.5) is 5.69 Å². The number of halogens is 1. The minimum atomic E-state index is -1.01. The Bertz CT molecular complexity index is 330. The minimum Gasteiger partial charge on any atom is -0.480 e. The first-order valence-corrected chi connectivity index (χ1v) is 4.86. The molecule has 1 atom stereocenters. The van der Waals surface area contributed by atoms with Gasteiger partial charge in [-0.15, -0.1) is 0 Å². The minimum absolute atomic E-state index is 0.214. The van der Waals surface area contributed by atoms with Crippen molar-refractivity contribution in [2.24, 2.45) is 5.73 Å². The van der Waals surface area contributed by atoms with Crippen LogP contribution in [-0.4, -0.2) is 23.7 Å². The molecule has 0 aromatic heterocycles. The fourth-order valence-corrected chi connectivity index (χ4v) is 1.31. The first-order valence-electron chi connectivity index (χ1n) is 4.07. The molecule has 0 aliphatic carbocycles. The van der Waals surface area contributed by atoms with Crippen molar-refractivity contribution in [1.29, 1.82) is 0 Å². The lowest BCUT2D eigenvalue weighted by Crippen LogP contribution is -2.36. The van der Waals surface area contributed by atoms with Crippen molar-refractivity contribution in [1.82, 2.24) is 0 Å². The molecule has 1 aromatic carbocycles. The van der Waals surface area contributed by atoms with Gasteiger partial charge in [0.1, 0.15) is 6.04 Å². The summed E-state index contributed by atoms with van der Waals surface area (Å²) in [5.74, 6) is -1.01. The van der Waals surface area contributed by atoms with Crippen molar-refractivity contribution in [3.8, 4) is 0 Å². The van der Waals surface area contributed by atoms with Crippen LogP contribution in [0.25, 0.3) is 0 Å². The number of rotatable bonds is 4. The molecule has 0 saturated heterocycles. The van der Waals surface area contributed by atoms with Crippen LogP contribution in [0.15, 0.2) is 28.7 Å². The van der Waals surface area contributed by atoms with E-state index in [1.165, 1.54) is 0 Å². The van der Waals surface area contributed by atoms with E-state index >= 15 is 0 Å². The third-order valence-corrected chi connectivity index (χ3v) is 2.16. The van der Waals surface area contributed by atoms with Gasteiger partial charge >= 0.3 is 5.97 Å². The second kappa shape index (κ2) is 4.97. The van der Waals surface area contributed by atoms with Gasteiger partial charge in [-0.2, -0.15) is 0 Å². The number of hydrogen-bond acceptors (Lipinski definition) is 3. The maximum Gasteiger partial charge on any atom is 0.322 e. The molecule has 1 unspecified atom stereocenters. The molecule has 0 bridgehead atoms. The van der Waals surface area contributed by atoms with Crippen LogP contribution < -0.4 is 11.1 Å². The lowest BCUT2D eigenvalue weighted by molar-refractivity contribution is -0.138. The molecule has 1 aromatic rings. The Labute approximate surface area is 90.2 Å². The summed E-state index contributed by atoms with van der Waals surface area (Å²) in [6.45, 7) is 0.214. The van der Waals surface area contributed by atoms with Gasteiger partial charge in [-0.1, -0.05) is 22.0 Å². The van der Waals surface area contributed by atoms with Crippen LogP contribution in [-0.2, 0) is 4.79 Å². The van der Waals surface area contributed by atoms with Gasteiger partial charge in [0, 0.05) is 16.7 Å². The van der Waals surface area contributed by atoms with E-state index in [4.69, 9.17) is 10.8 Å². The molecule has 0 spiro atoms. The predicted molar refractivity (Wildman–Crippen MR) is 58.2 cm³/mol. The molecule has 4 N–H and O–H groups in total. The number of nitrogens with two attached hydrogens (primary N) is 1. The van der Waals surface area contributed by atoms with Gasteiger partial charge in [0.2, 0.25) is 0 Å². The van der Waals surface area contributed by atoms with E-state index in [1.54, 1.807) is 0 Å². The van der Waals surface area contributed by atoms with Crippen LogP contribution >= 0.6 is 15.9 Å². The number of benzene rings is 1. The number of carbonyl (C=O) groups is 1. The number of carboxylic acid groups (broad SMARTS) is 1. The van der Waals surface area contributed by atoms with Gasteiger partial charge in [0.25, 0.3) is 0 Å². The predicted octanol–water partition coefficient (Wildman–Crippen LogP) is 1.27. The highest BCUT2D eigenvalue weighted by molar-refractivity contribution is 9.10. The monoisotopic (exact) mass is 258 g/mol. The Morgan fingerprint density at radius 3 is 2.93 bits per heavy atom. The molecule has 0 fully saturated rings. The van der Waals surface area contributed by atoms with E-state index in [1.807, 2.05) is 24.3 Å². The van der Waals surface area contributed by atoms with Crippen LogP contribution in [0, 0.1) is 0 Å². The van der Waals surface area contributed by atoms with Crippen molar-refractivity contribution < 1.29 is 9.90 Å². The van der Waals surface area contributed by atoms with Crippen molar-refractivity contribution in [2.75, 3.05) is 11.9 Å². The second-order valence-electron chi connectivity index (χ2n) is 2.84. The summed E-state index contributed by atoms with van der Waals surface area (Å²) in [6.07, 6.45) is 0. The summed E-state index contributed by atoms with van der Waals surface area (Å²) in [4.78, 5) is 10.4. The van der Waals surface area contributed by atoms with E-state index in [-0.39, 0.29) is 6.54 Å². The molecule has 4 nitrogen and oxygen atoms in total. The lowest BCUT2D eigenvalue weighted by atomic mass is 10.3. The van der Waals surface area contributed by atoms with E-state index in [9.17, 15) is 4.79 Å². The summed E-state index contributed by atoms with van der Waals surface area (Å²) >= 11 is 3.31. The Balaban J connectivity index is 2.49. The Kier molecular flexibility index (Phi) is 3.91. The number of carboxylic acids is 1. The summed E-state index contributed by atoms with van der Waals surface area (Å²) < 4.78 is 0.936. The van der Waals surface area contributed by atoms with Gasteiger partial charge in [-0.05, 0) is 18.2 Å². The number of anilines is 1. The maximum atomic E-state index is 10.4. The Morgan fingerprint density at radius 1 is 1.64 bits per heavy atom. The van der Waals surface area contributed by atoms with Crippen molar-refractivity contribution >= 4 is 27.6 Å². The average molecular weight is 259 g/mol. The van der Waals surface area contributed by atoms with Gasteiger partial charge in [-0.25, -0.2) is 0 Å². The molecule has 14 heavy (non-hydrogen) atoms. The lowest BCUT2D eigenvalue weighted by Gasteiger charge is -2.09. The molecule has 0 amide bonds. The Morgan fingerprint density at radius 2 is 2.36 bits per heavy atom. The second-order valence-corrected chi connectivity index (χ2v) is 3.75. The zero-order chi connectivity index (χ0) is 10.6. The molecule has 76 valence electrons. The van der Waals surface area contributed by atoms with E-state index in [0.29, 0.717) is 0 Å². The summed E-state index contributed by atoms with van der Waals surface area (Å²) in [7, 11) is 0. The first kappa shape index (κ1) is 11.0. The molecular formula is C9H11BrN2O2. The van der Waals surface area contributed by atoms with E-state index in [2.05, 4.69) is 21.2 Å². The standard InChI is InChI=1S/C9H11BrN2O2/c10-6-2-1-3-7(4-6)12-5-8(11)9(13)14/h1-4,8,12H,5,11H2,(H,13,14). The third kappa shape index (κ3) is 3.35.